The fraction of sp³-hybridized carbons (Fsp3) is 0.333. The average molecular weight is 302 g/mol. The Kier molecular flexibility index (Phi) is 4.59. The molecule has 1 unspecified atom stereocenters. The van der Waals surface area contributed by atoms with E-state index < -0.39 is 0 Å². The van der Waals surface area contributed by atoms with Crippen molar-refractivity contribution in [1.29, 1.82) is 0 Å². The molecule has 2 aromatic carbocycles. The predicted molar refractivity (Wildman–Crippen MR) is 86.7 cm³/mol. The smallest absolute Gasteiger partial charge is 0.0952 e. The van der Waals surface area contributed by atoms with Gasteiger partial charge in [0, 0.05) is 17.6 Å². The zero-order valence-electron chi connectivity index (χ0n) is 12.2. The van der Waals surface area contributed by atoms with Gasteiger partial charge in [0.25, 0.3) is 0 Å². The number of benzene rings is 2. The van der Waals surface area contributed by atoms with Gasteiger partial charge in [-0.25, -0.2) is 0 Å². The van der Waals surface area contributed by atoms with Crippen LogP contribution in [0, 0.1) is 0 Å². The van der Waals surface area contributed by atoms with E-state index in [-0.39, 0.29) is 12.1 Å². The largest absolute Gasteiger partial charge is 0.372 e. The molecule has 0 radical (unpaired) electrons. The first kappa shape index (κ1) is 14.6. The van der Waals surface area contributed by atoms with Crippen LogP contribution >= 0.6 is 11.6 Å². The molecule has 0 saturated heterocycles. The van der Waals surface area contributed by atoms with Gasteiger partial charge in [0.1, 0.15) is 0 Å². The van der Waals surface area contributed by atoms with E-state index in [1.165, 1.54) is 16.7 Å². The minimum Gasteiger partial charge on any atom is -0.372 e. The van der Waals surface area contributed by atoms with Gasteiger partial charge in [-0.15, -0.1) is 0 Å². The van der Waals surface area contributed by atoms with Crippen molar-refractivity contribution in [3.8, 4) is 0 Å². The number of ether oxygens (including phenoxy) is 1. The lowest BCUT2D eigenvalue weighted by Crippen LogP contribution is -2.29. The Bertz CT molecular complexity index is 596. The highest BCUT2D eigenvalue weighted by molar-refractivity contribution is 6.30. The van der Waals surface area contributed by atoms with E-state index in [0.717, 1.165) is 24.6 Å². The molecule has 0 fully saturated rings. The standard InChI is InChI=1S/C18H20ClNO/c1-13(14-6-8-16(19)9-7-14)20-12-18-17-5-3-2-4-15(17)10-11-21-18/h2-9,13,18,20H,10-12H2,1H3/t13-,18?/m0/s1. The summed E-state index contributed by atoms with van der Waals surface area (Å²) >= 11 is 5.93. The Balaban J connectivity index is 1.64. The molecule has 3 rings (SSSR count). The predicted octanol–water partition coefficient (Wildman–Crippen LogP) is 4.30. The third kappa shape index (κ3) is 3.46. The van der Waals surface area contributed by atoms with Gasteiger partial charge in [-0.2, -0.15) is 0 Å². The molecule has 1 aliphatic rings. The molecule has 21 heavy (non-hydrogen) atoms. The Morgan fingerprint density at radius 2 is 1.95 bits per heavy atom. The first-order valence-corrected chi connectivity index (χ1v) is 7.80. The van der Waals surface area contributed by atoms with Crippen molar-refractivity contribution in [3.63, 3.8) is 0 Å². The molecule has 2 aromatic rings. The minimum absolute atomic E-state index is 0.143. The van der Waals surface area contributed by atoms with Crippen molar-refractivity contribution >= 4 is 11.6 Å². The fourth-order valence-corrected chi connectivity index (χ4v) is 2.92. The molecule has 0 aromatic heterocycles. The van der Waals surface area contributed by atoms with Gasteiger partial charge < -0.3 is 10.1 Å². The van der Waals surface area contributed by atoms with Gasteiger partial charge in [-0.1, -0.05) is 48.0 Å². The third-order valence-corrected chi connectivity index (χ3v) is 4.32. The van der Waals surface area contributed by atoms with Gasteiger partial charge >= 0.3 is 0 Å². The Morgan fingerprint density at radius 3 is 2.76 bits per heavy atom. The van der Waals surface area contributed by atoms with Crippen molar-refractivity contribution in [1.82, 2.24) is 5.32 Å². The van der Waals surface area contributed by atoms with E-state index in [4.69, 9.17) is 16.3 Å². The zero-order valence-corrected chi connectivity index (χ0v) is 12.9. The summed E-state index contributed by atoms with van der Waals surface area (Å²) in [5, 5.41) is 4.33. The lowest BCUT2D eigenvalue weighted by molar-refractivity contribution is 0.0410. The first-order chi connectivity index (χ1) is 10.2. The van der Waals surface area contributed by atoms with Crippen LogP contribution < -0.4 is 5.32 Å². The molecule has 0 saturated carbocycles. The molecule has 1 aliphatic heterocycles. The highest BCUT2D eigenvalue weighted by Gasteiger charge is 2.20. The highest BCUT2D eigenvalue weighted by atomic mass is 35.5. The fourth-order valence-electron chi connectivity index (χ4n) is 2.80. The normalized spacial score (nSPS) is 19.0. The summed E-state index contributed by atoms with van der Waals surface area (Å²) in [4.78, 5) is 0. The van der Waals surface area contributed by atoms with Gasteiger partial charge in [0.15, 0.2) is 0 Å². The second-order valence-corrected chi connectivity index (χ2v) is 5.93. The molecular weight excluding hydrogens is 282 g/mol. The maximum Gasteiger partial charge on any atom is 0.0952 e. The molecule has 3 heteroatoms. The van der Waals surface area contributed by atoms with E-state index >= 15 is 0 Å². The van der Waals surface area contributed by atoms with E-state index in [9.17, 15) is 0 Å². The summed E-state index contributed by atoms with van der Waals surface area (Å²) in [6.07, 6.45) is 1.16. The molecule has 0 amide bonds. The summed E-state index contributed by atoms with van der Waals surface area (Å²) in [6, 6.07) is 16.8. The van der Waals surface area contributed by atoms with Gasteiger partial charge in [0.05, 0.1) is 12.7 Å². The first-order valence-electron chi connectivity index (χ1n) is 7.42. The van der Waals surface area contributed by atoms with Crippen LogP contribution in [-0.2, 0) is 11.2 Å². The second kappa shape index (κ2) is 6.61. The Labute approximate surface area is 131 Å². The number of hydrogen-bond acceptors (Lipinski definition) is 2. The summed E-state index contributed by atoms with van der Waals surface area (Å²) < 4.78 is 5.93. The topological polar surface area (TPSA) is 21.3 Å². The SMILES string of the molecule is C[C@H](NCC1OCCc2ccccc21)c1ccc(Cl)cc1. The van der Waals surface area contributed by atoms with Crippen molar-refractivity contribution in [2.24, 2.45) is 0 Å². The molecule has 0 aliphatic carbocycles. The molecule has 1 heterocycles. The quantitative estimate of drug-likeness (QED) is 0.909. The average Bonchev–Trinajstić information content (AvgIpc) is 2.53. The number of nitrogens with one attached hydrogen (secondary N) is 1. The Hall–Kier alpha value is -1.35. The van der Waals surface area contributed by atoms with Crippen LogP contribution in [0.2, 0.25) is 5.02 Å². The van der Waals surface area contributed by atoms with Crippen LogP contribution in [0.25, 0.3) is 0 Å². The summed E-state index contributed by atoms with van der Waals surface area (Å²) in [5.74, 6) is 0. The third-order valence-electron chi connectivity index (χ3n) is 4.07. The number of hydrogen-bond donors (Lipinski definition) is 1. The van der Waals surface area contributed by atoms with E-state index in [1.807, 2.05) is 12.1 Å². The number of fused-ring (bicyclic) bond motifs is 1. The molecule has 1 N–H and O–H groups in total. The van der Waals surface area contributed by atoms with Gasteiger partial charge in [0.2, 0.25) is 0 Å². The number of rotatable bonds is 4. The van der Waals surface area contributed by atoms with Gasteiger partial charge in [-0.3, -0.25) is 0 Å². The van der Waals surface area contributed by atoms with Crippen LogP contribution in [0.4, 0.5) is 0 Å². The minimum atomic E-state index is 0.143. The van der Waals surface area contributed by atoms with E-state index in [0.29, 0.717) is 0 Å². The van der Waals surface area contributed by atoms with Crippen molar-refractivity contribution < 1.29 is 4.74 Å². The molecule has 2 nitrogen and oxygen atoms in total. The summed E-state index contributed by atoms with van der Waals surface area (Å²) in [6.45, 7) is 3.79. The highest BCUT2D eigenvalue weighted by Crippen LogP contribution is 2.27. The summed E-state index contributed by atoms with van der Waals surface area (Å²) in [7, 11) is 0. The maximum atomic E-state index is 5.93. The molecule has 0 spiro atoms. The van der Waals surface area contributed by atoms with E-state index in [2.05, 4.69) is 48.6 Å². The van der Waals surface area contributed by atoms with Gasteiger partial charge in [-0.05, 0) is 42.2 Å². The van der Waals surface area contributed by atoms with Crippen molar-refractivity contribution in [2.45, 2.75) is 25.5 Å². The molecule has 110 valence electrons. The summed E-state index contributed by atoms with van der Waals surface area (Å²) in [5.41, 5.74) is 3.97. The van der Waals surface area contributed by atoms with Crippen molar-refractivity contribution in [2.75, 3.05) is 13.2 Å². The number of halogens is 1. The molecule has 2 atom stereocenters. The molecule has 0 bridgehead atoms. The molecular formula is C18H20ClNO. The Morgan fingerprint density at radius 1 is 1.19 bits per heavy atom. The van der Waals surface area contributed by atoms with E-state index in [1.54, 1.807) is 0 Å². The lowest BCUT2D eigenvalue weighted by atomic mass is 9.97. The van der Waals surface area contributed by atoms with Crippen LogP contribution in [0.5, 0.6) is 0 Å². The van der Waals surface area contributed by atoms with Crippen LogP contribution in [0.1, 0.15) is 35.8 Å². The maximum absolute atomic E-state index is 5.93. The zero-order chi connectivity index (χ0) is 14.7. The monoisotopic (exact) mass is 301 g/mol. The van der Waals surface area contributed by atoms with Crippen LogP contribution in [0.15, 0.2) is 48.5 Å². The lowest BCUT2D eigenvalue weighted by Gasteiger charge is -2.27. The van der Waals surface area contributed by atoms with Crippen LogP contribution in [-0.4, -0.2) is 13.2 Å². The van der Waals surface area contributed by atoms with Crippen LogP contribution in [0.3, 0.4) is 0 Å². The van der Waals surface area contributed by atoms with Crippen molar-refractivity contribution in [3.05, 3.63) is 70.2 Å². The second-order valence-electron chi connectivity index (χ2n) is 5.49.